The molecule has 5 heteroatoms. The fourth-order valence-electron chi connectivity index (χ4n) is 2.31. The van der Waals surface area contributed by atoms with Crippen LogP contribution in [0.5, 0.6) is 0 Å². The number of carboxylic acid groups (broad SMARTS) is 1. The van der Waals surface area contributed by atoms with Gasteiger partial charge in [0.15, 0.2) is 0 Å². The van der Waals surface area contributed by atoms with E-state index in [0.717, 1.165) is 17.8 Å². The van der Waals surface area contributed by atoms with Crippen LogP contribution in [-0.4, -0.2) is 34.6 Å². The molecule has 1 N–H and O–H groups in total. The topological polar surface area (TPSA) is 53.4 Å². The van der Waals surface area contributed by atoms with E-state index in [4.69, 9.17) is 11.6 Å². The normalized spacial score (nSPS) is 15.8. The Morgan fingerprint density at radius 2 is 2.17 bits per heavy atom. The second-order valence-electron chi connectivity index (χ2n) is 5.06. The molecule has 0 amide bonds. The summed E-state index contributed by atoms with van der Waals surface area (Å²) in [4.78, 5) is 18.1. The molecule has 4 nitrogen and oxygen atoms in total. The van der Waals surface area contributed by atoms with Crippen molar-refractivity contribution in [3.8, 4) is 0 Å². The summed E-state index contributed by atoms with van der Waals surface area (Å²) in [6.45, 7) is 5.47. The van der Waals surface area contributed by atoms with E-state index in [1.54, 1.807) is 0 Å². The highest BCUT2D eigenvalue weighted by Crippen LogP contribution is 2.32. The molecule has 2 heterocycles. The number of carboxylic acids is 1. The van der Waals surface area contributed by atoms with E-state index in [9.17, 15) is 9.90 Å². The van der Waals surface area contributed by atoms with Gasteiger partial charge in [0.25, 0.3) is 0 Å². The minimum Gasteiger partial charge on any atom is -0.478 e. The maximum Gasteiger partial charge on any atom is 0.337 e. The molecule has 1 aromatic rings. The number of fused-ring (bicyclic) bond motifs is 1. The van der Waals surface area contributed by atoms with E-state index in [1.165, 1.54) is 0 Å². The van der Waals surface area contributed by atoms with Crippen molar-refractivity contribution in [3.05, 3.63) is 27.5 Å². The molecule has 1 aromatic heterocycles. The Morgan fingerprint density at radius 3 is 2.72 bits per heavy atom. The lowest BCUT2D eigenvalue weighted by Crippen LogP contribution is -2.29. The predicted molar refractivity (Wildman–Crippen MR) is 70.3 cm³/mol. The standard InChI is InChI=1S/C13H17ClN2O2/c1-7(2)12-11(14)10(13(17)18)8-4-5-16(3)6-9(8)15-12/h7H,4-6H2,1-3H3,(H,17,18). The Kier molecular flexibility index (Phi) is 3.59. The van der Waals surface area contributed by atoms with Gasteiger partial charge in [-0.05, 0) is 24.9 Å². The van der Waals surface area contributed by atoms with Crippen LogP contribution in [0.1, 0.15) is 47.1 Å². The number of nitrogens with zero attached hydrogens (tertiary/aromatic N) is 2. The lowest BCUT2D eigenvalue weighted by Gasteiger charge is -2.27. The number of likely N-dealkylation sites (N-methyl/N-ethyl adjacent to an activating group) is 1. The summed E-state index contributed by atoms with van der Waals surface area (Å²) in [6, 6.07) is 0. The summed E-state index contributed by atoms with van der Waals surface area (Å²) in [5.74, 6) is -0.835. The molecule has 0 aliphatic carbocycles. The quantitative estimate of drug-likeness (QED) is 0.896. The van der Waals surface area contributed by atoms with Crippen molar-refractivity contribution in [1.82, 2.24) is 9.88 Å². The molecule has 1 aliphatic heterocycles. The Hall–Kier alpha value is -1.13. The van der Waals surface area contributed by atoms with Crippen LogP contribution in [0.2, 0.25) is 5.02 Å². The van der Waals surface area contributed by atoms with Crippen LogP contribution in [0, 0.1) is 0 Å². The summed E-state index contributed by atoms with van der Waals surface area (Å²) in [5, 5.41) is 9.67. The van der Waals surface area contributed by atoms with Crippen molar-refractivity contribution < 1.29 is 9.90 Å². The summed E-state index contributed by atoms with van der Waals surface area (Å²) in [6.07, 6.45) is 0.693. The lowest BCUT2D eigenvalue weighted by molar-refractivity contribution is 0.0694. The van der Waals surface area contributed by atoms with Gasteiger partial charge in [-0.1, -0.05) is 25.4 Å². The second kappa shape index (κ2) is 4.86. The molecule has 98 valence electrons. The van der Waals surface area contributed by atoms with E-state index in [1.807, 2.05) is 20.9 Å². The molecule has 0 bridgehead atoms. The van der Waals surface area contributed by atoms with Gasteiger partial charge in [0.1, 0.15) is 0 Å². The molecule has 0 atom stereocenters. The van der Waals surface area contributed by atoms with Crippen LogP contribution in [0.25, 0.3) is 0 Å². The van der Waals surface area contributed by atoms with E-state index in [0.29, 0.717) is 23.7 Å². The van der Waals surface area contributed by atoms with E-state index in [-0.39, 0.29) is 11.5 Å². The largest absolute Gasteiger partial charge is 0.478 e. The zero-order valence-electron chi connectivity index (χ0n) is 10.8. The fraction of sp³-hybridized carbons (Fsp3) is 0.538. The Labute approximate surface area is 112 Å². The molecular weight excluding hydrogens is 252 g/mol. The van der Waals surface area contributed by atoms with E-state index < -0.39 is 5.97 Å². The minimum atomic E-state index is -0.954. The van der Waals surface area contributed by atoms with Crippen LogP contribution in [-0.2, 0) is 13.0 Å². The molecule has 1 aliphatic rings. The van der Waals surface area contributed by atoms with Gasteiger partial charge in [0.2, 0.25) is 0 Å². The highest BCUT2D eigenvalue weighted by Gasteiger charge is 2.27. The van der Waals surface area contributed by atoms with Gasteiger partial charge < -0.3 is 10.0 Å². The number of hydrogen-bond acceptors (Lipinski definition) is 3. The van der Waals surface area contributed by atoms with Crippen LogP contribution in [0.4, 0.5) is 0 Å². The second-order valence-corrected chi connectivity index (χ2v) is 5.44. The number of aromatic nitrogens is 1. The third-order valence-corrected chi connectivity index (χ3v) is 3.66. The highest BCUT2D eigenvalue weighted by atomic mass is 35.5. The molecule has 0 fully saturated rings. The van der Waals surface area contributed by atoms with Crippen LogP contribution >= 0.6 is 11.6 Å². The average Bonchev–Trinajstić information content (AvgIpc) is 2.27. The van der Waals surface area contributed by atoms with Crippen molar-refractivity contribution in [1.29, 1.82) is 0 Å². The lowest BCUT2D eigenvalue weighted by atomic mass is 9.96. The van der Waals surface area contributed by atoms with Gasteiger partial charge in [-0.15, -0.1) is 0 Å². The Morgan fingerprint density at radius 1 is 1.50 bits per heavy atom. The summed E-state index contributed by atoms with van der Waals surface area (Å²) >= 11 is 6.22. The zero-order valence-corrected chi connectivity index (χ0v) is 11.6. The van der Waals surface area contributed by atoms with E-state index >= 15 is 0 Å². The summed E-state index contributed by atoms with van der Waals surface area (Å²) in [7, 11) is 2.01. The number of halogens is 1. The molecule has 0 radical (unpaired) electrons. The number of pyridine rings is 1. The van der Waals surface area contributed by atoms with Gasteiger partial charge >= 0.3 is 5.97 Å². The highest BCUT2D eigenvalue weighted by molar-refractivity contribution is 6.34. The molecule has 0 aromatic carbocycles. The molecule has 0 saturated carbocycles. The van der Waals surface area contributed by atoms with Gasteiger partial charge in [0, 0.05) is 13.1 Å². The van der Waals surface area contributed by atoms with Crippen molar-refractivity contribution in [2.45, 2.75) is 32.7 Å². The van der Waals surface area contributed by atoms with Gasteiger partial charge in [-0.2, -0.15) is 0 Å². The zero-order chi connectivity index (χ0) is 13.4. The third-order valence-electron chi connectivity index (χ3n) is 3.27. The first-order valence-corrected chi connectivity index (χ1v) is 6.42. The molecular formula is C13H17ClN2O2. The smallest absolute Gasteiger partial charge is 0.337 e. The minimum absolute atomic E-state index is 0.119. The van der Waals surface area contributed by atoms with Gasteiger partial charge in [0.05, 0.1) is 22.0 Å². The first-order chi connectivity index (χ1) is 8.41. The maximum absolute atomic E-state index is 11.4. The molecule has 0 unspecified atom stereocenters. The maximum atomic E-state index is 11.4. The monoisotopic (exact) mass is 268 g/mol. The third kappa shape index (κ3) is 2.22. The summed E-state index contributed by atoms with van der Waals surface area (Å²) in [5.41, 5.74) is 2.59. The first-order valence-electron chi connectivity index (χ1n) is 6.04. The average molecular weight is 269 g/mol. The Balaban J connectivity index is 2.66. The molecule has 0 spiro atoms. The number of rotatable bonds is 2. The van der Waals surface area contributed by atoms with Crippen LogP contribution in [0.3, 0.4) is 0 Å². The SMILES string of the molecule is CC(C)c1nc2c(c(C(=O)O)c1Cl)CCN(C)C2. The Bertz CT molecular complexity index is 500. The van der Waals surface area contributed by atoms with Crippen LogP contribution in [0.15, 0.2) is 0 Å². The predicted octanol–water partition coefficient (Wildman–Crippen LogP) is 2.54. The van der Waals surface area contributed by atoms with Crippen molar-refractivity contribution >= 4 is 17.6 Å². The number of aromatic carboxylic acids is 1. The van der Waals surface area contributed by atoms with E-state index in [2.05, 4.69) is 9.88 Å². The van der Waals surface area contributed by atoms with Gasteiger partial charge in [-0.25, -0.2) is 4.79 Å². The first kappa shape index (κ1) is 13.3. The molecule has 18 heavy (non-hydrogen) atoms. The van der Waals surface area contributed by atoms with Crippen molar-refractivity contribution in [2.24, 2.45) is 0 Å². The number of carbonyl (C=O) groups is 1. The molecule has 2 rings (SSSR count). The van der Waals surface area contributed by atoms with Gasteiger partial charge in [-0.3, -0.25) is 4.98 Å². The van der Waals surface area contributed by atoms with Crippen molar-refractivity contribution in [2.75, 3.05) is 13.6 Å². The summed E-state index contributed by atoms with van der Waals surface area (Å²) < 4.78 is 0. The fourth-order valence-corrected chi connectivity index (χ4v) is 2.77. The number of hydrogen-bond donors (Lipinski definition) is 1. The van der Waals surface area contributed by atoms with Crippen molar-refractivity contribution in [3.63, 3.8) is 0 Å². The molecule has 0 saturated heterocycles. The van der Waals surface area contributed by atoms with Crippen LogP contribution < -0.4 is 0 Å².